The van der Waals surface area contributed by atoms with Crippen molar-refractivity contribution in [2.45, 2.75) is 32.1 Å². The maximum Gasteiger partial charge on any atom is 0.307 e. The van der Waals surface area contributed by atoms with Gasteiger partial charge in [0, 0.05) is 25.6 Å². The molecule has 1 aliphatic carbocycles. The highest BCUT2D eigenvalue weighted by atomic mass is 16.4. The number of likely N-dealkylation sites (tertiary alicyclic amines) is 1. The van der Waals surface area contributed by atoms with Gasteiger partial charge in [-0.05, 0) is 19.3 Å². The minimum absolute atomic E-state index is 0.0157. The fourth-order valence-corrected chi connectivity index (χ4v) is 3.14. The van der Waals surface area contributed by atoms with E-state index in [1.165, 1.54) is 0 Å². The molecule has 0 spiro atoms. The molecule has 2 N–H and O–H groups in total. The number of aliphatic carboxylic acids is 1. The summed E-state index contributed by atoms with van der Waals surface area (Å²) < 4.78 is 0. The fourth-order valence-electron chi connectivity index (χ4n) is 3.14. The molecule has 0 aromatic rings. The van der Waals surface area contributed by atoms with Gasteiger partial charge in [0.2, 0.25) is 5.91 Å². The van der Waals surface area contributed by atoms with E-state index in [4.69, 9.17) is 5.11 Å². The molecule has 2 fully saturated rings. The lowest BCUT2D eigenvalue weighted by molar-refractivity contribution is -0.152. The number of aliphatic hydroxyl groups is 1. The number of carbonyl (C=O) groups excluding carboxylic acids is 1. The van der Waals surface area contributed by atoms with Crippen LogP contribution in [-0.2, 0) is 9.59 Å². The van der Waals surface area contributed by atoms with Gasteiger partial charge in [-0.2, -0.15) is 0 Å². The van der Waals surface area contributed by atoms with Crippen LogP contribution in [0.3, 0.4) is 0 Å². The van der Waals surface area contributed by atoms with Crippen molar-refractivity contribution >= 4 is 11.9 Å². The van der Waals surface area contributed by atoms with Crippen LogP contribution in [-0.4, -0.2) is 46.7 Å². The van der Waals surface area contributed by atoms with Crippen LogP contribution >= 0.6 is 0 Å². The number of nitrogens with zero attached hydrogens (tertiary/aromatic N) is 1. The van der Waals surface area contributed by atoms with Crippen molar-refractivity contribution in [3.05, 3.63) is 0 Å². The molecule has 1 heterocycles. The number of amides is 1. The van der Waals surface area contributed by atoms with Gasteiger partial charge in [0.25, 0.3) is 0 Å². The summed E-state index contributed by atoms with van der Waals surface area (Å²) in [6.07, 6.45) is 3.98. The highest BCUT2D eigenvalue weighted by Gasteiger charge is 2.39. The monoisotopic (exact) mass is 255 g/mol. The topological polar surface area (TPSA) is 77.8 Å². The van der Waals surface area contributed by atoms with Gasteiger partial charge in [0.05, 0.1) is 11.8 Å². The third-order valence-electron chi connectivity index (χ3n) is 4.26. The van der Waals surface area contributed by atoms with Gasteiger partial charge in [-0.15, -0.1) is 0 Å². The Labute approximate surface area is 107 Å². The first-order valence-electron chi connectivity index (χ1n) is 6.76. The molecule has 5 heteroatoms. The van der Waals surface area contributed by atoms with Gasteiger partial charge in [0.1, 0.15) is 0 Å². The molecule has 3 atom stereocenters. The highest BCUT2D eigenvalue weighted by molar-refractivity contribution is 5.85. The molecule has 0 aromatic carbocycles. The Morgan fingerprint density at radius 3 is 2.33 bits per heavy atom. The first kappa shape index (κ1) is 13.3. The van der Waals surface area contributed by atoms with Crippen molar-refractivity contribution in [2.24, 2.45) is 17.8 Å². The number of carbonyl (C=O) groups is 2. The molecule has 2 aliphatic rings. The lowest BCUT2D eigenvalue weighted by Gasteiger charge is -2.31. The summed E-state index contributed by atoms with van der Waals surface area (Å²) >= 11 is 0. The average Bonchev–Trinajstić information content (AvgIpc) is 2.86. The first-order valence-corrected chi connectivity index (χ1v) is 6.76. The lowest BCUT2D eigenvalue weighted by Crippen LogP contribution is -2.41. The Morgan fingerprint density at radius 1 is 1.11 bits per heavy atom. The van der Waals surface area contributed by atoms with Crippen molar-refractivity contribution in [1.29, 1.82) is 0 Å². The number of aliphatic hydroxyl groups excluding tert-OH is 1. The van der Waals surface area contributed by atoms with Gasteiger partial charge in [-0.25, -0.2) is 0 Å². The van der Waals surface area contributed by atoms with Gasteiger partial charge in [0.15, 0.2) is 0 Å². The zero-order chi connectivity index (χ0) is 13.1. The second-order valence-electron chi connectivity index (χ2n) is 5.46. The summed E-state index contributed by atoms with van der Waals surface area (Å²) in [5.41, 5.74) is 0. The maximum atomic E-state index is 12.4. The van der Waals surface area contributed by atoms with E-state index in [0.717, 1.165) is 19.3 Å². The summed E-state index contributed by atoms with van der Waals surface area (Å²) in [5, 5.41) is 18.3. The van der Waals surface area contributed by atoms with E-state index in [9.17, 15) is 14.7 Å². The Balaban J connectivity index is 2.00. The third kappa shape index (κ3) is 2.66. The van der Waals surface area contributed by atoms with Crippen molar-refractivity contribution < 1.29 is 19.8 Å². The van der Waals surface area contributed by atoms with E-state index in [1.807, 2.05) is 0 Å². The summed E-state index contributed by atoms with van der Waals surface area (Å²) in [6.45, 7) is 1.35. The second-order valence-corrected chi connectivity index (χ2v) is 5.46. The van der Waals surface area contributed by atoms with E-state index in [-0.39, 0.29) is 24.3 Å². The third-order valence-corrected chi connectivity index (χ3v) is 4.26. The number of hydrogen-bond donors (Lipinski definition) is 2. The Morgan fingerprint density at radius 2 is 1.78 bits per heavy atom. The number of rotatable bonds is 3. The van der Waals surface area contributed by atoms with Crippen LogP contribution in [0, 0.1) is 17.8 Å². The van der Waals surface area contributed by atoms with E-state index in [0.29, 0.717) is 25.9 Å². The average molecular weight is 255 g/mol. The van der Waals surface area contributed by atoms with Crippen LogP contribution < -0.4 is 0 Å². The summed E-state index contributed by atoms with van der Waals surface area (Å²) in [4.78, 5) is 25.3. The van der Waals surface area contributed by atoms with Gasteiger partial charge < -0.3 is 15.1 Å². The SMILES string of the molecule is O=C(O)[C@H]1CCCC[C@H]1C(=O)N1CCC(CO)C1. The fraction of sp³-hybridized carbons (Fsp3) is 0.846. The predicted molar refractivity (Wildman–Crippen MR) is 64.9 cm³/mol. The minimum Gasteiger partial charge on any atom is -0.481 e. The van der Waals surface area contributed by atoms with Crippen molar-refractivity contribution in [2.75, 3.05) is 19.7 Å². The molecule has 102 valence electrons. The largest absolute Gasteiger partial charge is 0.481 e. The van der Waals surface area contributed by atoms with Gasteiger partial charge >= 0.3 is 5.97 Å². The summed E-state index contributed by atoms with van der Waals surface area (Å²) in [7, 11) is 0. The summed E-state index contributed by atoms with van der Waals surface area (Å²) in [6, 6.07) is 0. The molecule has 1 unspecified atom stereocenters. The van der Waals surface area contributed by atoms with E-state index >= 15 is 0 Å². The van der Waals surface area contributed by atoms with Crippen LogP contribution in [0.1, 0.15) is 32.1 Å². The molecule has 5 nitrogen and oxygen atoms in total. The van der Waals surface area contributed by atoms with E-state index in [1.54, 1.807) is 4.90 Å². The maximum absolute atomic E-state index is 12.4. The van der Waals surface area contributed by atoms with E-state index < -0.39 is 11.9 Å². The summed E-state index contributed by atoms with van der Waals surface area (Å²) in [5.74, 6) is -1.56. The number of hydrogen-bond acceptors (Lipinski definition) is 3. The first-order chi connectivity index (χ1) is 8.63. The van der Waals surface area contributed by atoms with E-state index in [2.05, 4.69) is 0 Å². The van der Waals surface area contributed by atoms with Crippen LogP contribution in [0.2, 0.25) is 0 Å². The minimum atomic E-state index is -0.842. The van der Waals surface area contributed by atoms with Gasteiger partial charge in [-0.3, -0.25) is 9.59 Å². The van der Waals surface area contributed by atoms with Crippen molar-refractivity contribution in [3.63, 3.8) is 0 Å². The normalized spacial score (nSPS) is 32.5. The zero-order valence-corrected chi connectivity index (χ0v) is 10.5. The van der Waals surface area contributed by atoms with Crippen LogP contribution in [0.25, 0.3) is 0 Å². The smallest absolute Gasteiger partial charge is 0.307 e. The molecule has 0 bridgehead atoms. The zero-order valence-electron chi connectivity index (χ0n) is 10.5. The molecule has 1 saturated heterocycles. The predicted octanol–water partition coefficient (Wildman–Crippen LogP) is 0.718. The molecule has 1 saturated carbocycles. The van der Waals surface area contributed by atoms with Crippen molar-refractivity contribution in [1.82, 2.24) is 4.90 Å². The Kier molecular flexibility index (Phi) is 4.22. The molecular weight excluding hydrogens is 234 g/mol. The molecule has 1 amide bonds. The molecule has 1 aliphatic heterocycles. The molecule has 0 aromatic heterocycles. The highest BCUT2D eigenvalue weighted by Crippen LogP contribution is 2.33. The Bertz CT molecular complexity index is 331. The number of carboxylic acids is 1. The quantitative estimate of drug-likeness (QED) is 0.779. The standard InChI is InChI=1S/C13H21NO4/c15-8-9-5-6-14(7-9)12(16)10-3-1-2-4-11(10)13(17)18/h9-11,15H,1-8H2,(H,17,18)/t9?,10-,11+/m1/s1. The second kappa shape index (κ2) is 5.69. The molecule has 2 rings (SSSR count). The Hall–Kier alpha value is -1.10. The van der Waals surface area contributed by atoms with Crippen LogP contribution in [0.5, 0.6) is 0 Å². The van der Waals surface area contributed by atoms with Crippen LogP contribution in [0.4, 0.5) is 0 Å². The lowest BCUT2D eigenvalue weighted by atomic mass is 9.78. The number of carboxylic acid groups (broad SMARTS) is 1. The molecular formula is C13H21NO4. The van der Waals surface area contributed by atoms with Crippen molar-refractivity contribution in [3.8, 4) is 0 Å². The van der Waals surface area contributed by atoms with Gasteiger partial charge in [-0.1, -0.05) is 12.8 Å². The van der Waals surface area contributed by atoms with Crippen LogP contribution in [0.15, 0.2) is 0 Å². The molecule has 0 radical (unpaired) electrons. The molecule has 18 heavy (non-hydrogen) atoms.